The van der Waals surface area contributed by atoms with Gasteiger partial charge < -0.3 is 9.09 Å². The highest BCUT2D eigenvalue weighted by Crippen LogP contribution is 2.32. The van der Waals surface area contributed by atoms with Gasteiger partial charge in [0.2, 0.25) is 11.7 Å². The second-order valence-corrected chi connectivity index (χ2v) is 5.85. The summed E-state index contributed by atoms with van der Waals surface area (Å²) in [6, 6.07) is 6.10. The molecule has 1 aromatic carbocycles. The minimum atomic E-state index is 0.443. The Bertz CT molecular complexity index is 768. The molecule has 0 saturated heterocycles. The van der Waals surface area contributed by atoms with Gasteiger partial charge in [0.1, 0.15) is 0 Å². The number of hydrogen-bond donors (Lipinski definition) is 0. The summed E-state index contributed by atoms with van der Waals surface area (Å²) in [6.45, 7) is 0. The highest BCUT2D eigenvalue weighted by atomic mass is 16.5. The van der Waals surface area contributed by atoms with Crippen LogP contribution >= 0.6 is 0 Å². The molecular formula is C16H18N4O. The van der Waals surface area contributed by atoms with E-state index >= 15 is 0 Å². The van der Waals surface area contributed by atoms with Crippen LogP contribution in [0.2, 0.25) is 0 Å². The fraction of sp³-hybridized carbons (Fsp3) is 0.438. The molecule has 1 aliphatic rings. The molecule has 108 valence electrons. The van der Waals surface area contributed by atoms with Crippen molar-refractivity contribution in [2.45, 2.75) is 38.0 Å². The highest BCUT2D eigenvalue weighted by molar-refractivity contribution is 5.80. The third kappa shape index (κ3) is 2.22. The summed E-state index contributed by atoms with van der Waals surface area (Å²) >= 11 is 0. The third-order valence-electron chi connectivity index (χ3n) is 4.38. The predicted octanol–water partition coefficient (Wildman–Crippen LogP) is 3.67. The van der Waals surface area contributed by atoms with Gasteiger partial charge in [0.15, 0.2) is 0 Å². The average molecular weight is 282 g/mol. The first-order valence-corrected chi connectivity index (χ1v) is 7.56. The number of hydrogen-bond acceptors (Lipinski definition) is 4. The maximum absolute atomic E-state index is 5.49. The largest absolute Gasteiger partial charge is 0.339 e. The molecule has 2 heterocycles. The third-order valence-corrected chi connectivity index (χ3v) is 4.38. The molecule has 0 amide bonds. The fourth-order valence-electron chi connectivity index (χ4n) is 3.14. The molecule has 0 radical (unpaired) electrons. The lowest BCUT2D eigenvalue weighted by atomic mass is 9.89. The van der Waals surface area contributed by atoms with Crippen molar-refractivity contribution in [3.05, 3.63) is 30.4 Å². The number of rotatable bonds is 2. The molecule has 0 N–H and O–H groups in total. The fourth-order valence-corrected chi connectivity index (χ4v) is 3.14. The monoisotopic (exact) mass is 282 g/mol. The van der Waals surface area contributed by atoms with Gasteiger partial charge in [0, 0.05) is 18.5 Å². The number of imidazole rings is 1. The van der Waals surface area contributed by atoms with E-state index in [1.807, 2.05) is 36.1 Å². The number of nitrogens with zero attached hydrogens (tertiary/aromatic N) is 4. The SMILES string of the molecule is Cn1cnc2cc(-c3noc(C4CCCCC4)n3)ccc21. The first-order chi connectivity index (χ1) is 10.3. The second kappa shape index (κ2) is 4.98. The van der Waals surface area contributed by atoms with E-state index in [1.54, 1.807) is 0 Å². The Balaban J connectivity index is 1.66. The van der Waals surface area contributed by atoms with Crippen LogP contribution in [0.4, 0.5) is 0 Å². The molecule has 0 bridgehead atoms. The van der Waals surface area contributed by atoms with Crippen LogP contribution in [0, 0.1) is 0 Å². The maximum Gasteiger partial charge on any atom is 0.230 e. The van der Waals surface area contributed by atoms with E-state index in [-0.39, 0.29) is 0 Å². The van der Waals surface area contributed by atoms with Crippen LogP contribution in [-0.4, -0.2) is 19.7 Å². The smallest absolute Gasteiger partial charge is 0.230 e. The van der Waals surface area contributed by atoms with Crippen molar-refractivity contribution in [1.82, 2.24) is 19.7 Å². The lowest BCUT2D eigenvalue weighted by Crippen LogP contribution is -2.04. The zero-order chi connectivity index (χ0) is 14.2. The van der Waals surface area contributed by atoms with Gasteiger partial charge in [0.05, 0.1) is 17.4 Å². The van der Waals surface area contributed by atoms with E-state index in [2.05, 4.69) is 15.1 Å². The molecule has 21 heavy (non-hydrogen) atoms. The first-order valence-electron chi connectivity index (χ1n) is 7.56. The Labute approximate surface area is 123 Å². The molecular weight excluding hydrogens is 264 g/mol. The van der Waals surface area contributed by atoms with E-state index < -0.39 is 0 Å². The number of fused-ring (bicyclic) bond motifs is 1. The standard InChI is InChI=1S/C16H18N4O/c1-20-10-17-13-9-12(7-8-14(13)20)15-18-16(21-19-15)11-5-3-2-4-6-11/h7-11H,2-6H2,1H3. The van der Waals surface area contributed by atoms with Crippen molar-refractivity contribution >= 4 is 11.0 Å². The minimum Gasteiger partial charge on any atom is -0.339 e. The zero-order valence-corrected chi connectivity index (χ0v) is 12.1. The van der Waals surface area contributed by atoms with Gasteiger partial charge >= 0.3 is 0 Å². The van der Waals surface area contributed by atoms with Gasteiger partial charge in [-0.05, 0) is 31.0 Å². The lowest BCUT2D eigenvalue weighted by Gasteiger charge is -2.17. The summed E-state index contributed by atoms with van der Waals surface area (Å²) in [6.07, 6.45) is 8.01. The van der Waals surface area contributed by atoms with Crippen LogP contribution in [0.3, 0.4) is 0 Å². The Kier molecular flexibility index (Phi) is 2.98. The zero-order valence-electron chi connectivity index (χ0n) is 12.1. The average Bonchev–Trinajstić information content (AvgIpc) is 3.15. The van der Waals surface area contributed by atoms with Crippen molar-refractivity contribution in [1.29, 1.82) is 0 Å². The van der Waals surface area contributed by atoms with E-state index in [0.29, 0.717) is 11.7 Å². The van der Waals surface area contributed by atoms with Crippen LogP contribution in [0.15, 0.2) is 29.0 Å². The van der Waals surface area contributed by atoms with Gasteiger partial charge in [-0.25, -0.2) is 4.98 Å². The highest BCUT2D eigenvalue weighted by Gasteiger charge is 2.22. The van der Waals surface area contributed by atoms with E-state index in [1.165, 1.54) is 32.1 Å². The lowest BCUT2D eigenvalue weighted by molar-refractivity contribution is 0.314. The summed E-state index contributed by atoms with van der Waals surface area (Å²) < 4.78 is 7.49. The molecule has 1 saturated carbocycles. The summed E-state index contributed by atoms with van der Waals surface area (Å²) in [5, 5.41) is 4.15. The molecule has 4 rings (SSSR count). The minimum absolute atomic E-state index is 0.443. The Morgan fingerprint density at radius 1 is 1.19 bits per heavy atom. The van der Waals surface area contributed by atoms with Gasteiger partial charge in [0.25, 0.3) is 0 Å². The molecule has 2 aromatic heterocycles. The van der Waals surface area contributed by atoms with Gasteiger partial charge in [-0.15, -0.1) is 0 Å². The second-order valence-electron chi connectivity index (χ2n) is 5.85. The van der Waals surface area contributed by atoms with Crippen molar-refractivity contribution < 1.29 is 4.52 Å². The topological polar surface area (TPSA) is 56.7 Å². The number of aromatic nitrogens is 4. The van der Waals surface area contributed by atoms with E-state index in [9.17, 15) is 0 Å². The summed E-state index contributed by atoms with van der Waals surface area (Å²) in [5.74, 6) is 1.91. The van der Waals surface area contributed by atoms with Gasteiger partial charge in [-0.1, -0.05) is 24.4 Å². The Hall–Kier alpha value is -2.17. The Morgan fingerprint density at radius 3 is 2.90 bits per heavy atom. The summed E-state index contributed by atoms with van der Waals surface area (Å²) in [4.78, 5) is 8.98. The molecule has 1 aliphatic carbocycles. The molecule has 0 spiro atoms. The molecule has 0 unspecified atom stereocenters. The normalized spacial score (nSPS) is 16.6. The molecule has 0 atom stereocenters. The van der Waals surface area contributed by atoms with Gasteiger partial charge in [-0.2, -0.15) is 4.98 Å². The first kappa shape index (κ1) is 12.6. The van der Waals surface area contributed by atoms with Crippen LogP contribution < -0.4 is 0 Å². The van der Waals surface area contributed by atoms with Crippen molar-refractivity contribution in [2.75, 3.05) is 0 Å². The number of benzene rings is 1. The van der Waals surface area contributed by atoms with Crippen LogP contribution in [0.1, 0.15) is 43.9 Å². The van der Waals surface area contributed by atoms with Crippen LogP contribution in [0.5, 0.6) is 0 Å². The molecule has 5 heteroatoms. The van der Waals surface area contributed by atoms with E-state index in [4.69, 9.17) is 4.52 Å². The van der Waals surface area contributed by atoms with Crippen LogP contribution in [0.25, 0.3) is 22.4 Å². The van der Waals surface area contributed by atoms with Gasteiger partial charge in [-0.3, -0.25) is 0 Å². The van der Waals surface area contributed by atoms with E-state index in [0.717, 1.165) is 22.5 Å². The Morgan fingerprint density at radius 2 is 2.05 bits per heavy atom. The van der Waals surface area contributed by atoms with Crippen molar-refractivity contribution in [3.8, 4) is 11.4 Å². The quantitative estimate of drug-likeness (QED) is 0.719. The predicted molar refractivity (Wildman–Crippen MR) is 79.8 cm³/mol. The van der Waals surface area contributed by atoms with Crippen molar-refractivity contribution in [2.24, 2.45) is 7.05 Å². The van der Waals surface area contributed by atoms with Crippen molar-refractivity contribution in [3.63, 3.8) is 0 Å². The molecule has 5 nitrogen and oxygen atoms in total. The summed E-state index contributed by atoms with van der Waals surface area (Å²) in [7, 11) is 1.99. The maximum atomic E-state index is 5.49. The summed E-state index contributed by atoms with van der Waals surface area (Å²) in [5.41, 5.74) is 3.03. The molecule has 0 aliphatic heterocycles. The molecule has 3 aromatic rings. The molecule has 1 fully saturated rings. The van der Waals surface area contributed by atoms with Crippen LogP contribution in [-0.2, 0) is 7.05 Å². The number of aryl methyl sites for hydroxylation is 1.